The highest BCUT2D eigenvalue weighted by molar-refractivity contribution is 7.89. The molecule has 1 unspecified atom stereocenters. The van der Waals surface area contributed by atoms with Gasteiger partial charge >= 0.3 is 5.97 Å². The number of nitrogens with one attached hydrogen (secondary N) is 1. The number of pyridine rings is 1. The number of carbonyl (C=O) groups is 1. The number of aromatic nitrogens is 1. The summed E-state index contributed by atoms with van der Waals surface area (Å²) in [5.41, 5.74) is 0.971. The fraction of sp³-hybridized carbons (Fsp3) is 0.286. The van der Waals surface area contributed by atoms with Crippen molar-refractivity contribution in [2.24, 2.45) is 0 Å². The summed E-state index contributed by atoms with van der Waals surface area (Å²) in [6.45, 7) is 1.48. The molecule has 0 fully saturated rings. The minimum absolute atomic E-state index is 0.0592. The van der Waals surface area contributed by atoms with E-state index in [2.05, 4.69) is 9.71 Å². The number of aryl methyl sites for hydroxylation is 1. The Labute approximate surface area is 128 Å². The van der Waals surface area contributed by atoms with Crippen LogP contribution in [0.2, 0.25) is 0 Å². The van der Waals surface area contributed by atoms with Crippen LogP contribution < -0.4 is 4.72 Å². The quantitative estimate of drug-likeness (QED) is 0.818. The number of carboxylic acid groups (broad SMARTS) is 1. The number of hydrogen-bond acceptors (Lipinski definition) is 5. The van der Waals surface area contributed by atoms with Gasteiger partial charge < -0.3 is 9.84 Å². The first kappa shape index (κ1) is 16.3. The Balaban J connectivity index is 2.49. The summed E-state index contributed by atoms with van der Waals surface area (Å²) < 4.78 is 31.8. The molecule has 7 nitrogen and oxygen atoms in total. The summed E-state index contributed by atoms with van der Waals surface area (Å²) in [6.07, 6.45) is 0. The number of para-hydroxylation sites is 1. The third-order valence-corrected chi connectivity index (χ3v) is 4.54. The zero-order chi connectivity index (χ0) is 16.3. The maximum Gasteiger partial charge on any atom is 0.324 e. The molecular formula is C14H16N2O5S. The van der Waals surface area contributed by atoms with Crippen molar-refractivity contribution < 1.29 is 23.1 Å². The van der Waals surface area contributed by atoms with E-state index in [4.69, 9.17) is 9.84 Å². The standard InChI is InChI=1S/C14H16N2O5S/c1-9-6-7-10-4-3-5-12(13(10)15-9)22(19,20)16-11(8-21-2)14(17)18/h3-7,11,16H,8H2,1-2H3,(H,17,18). The first-order valence-corrected chi connectivity index (χ1v) is 7.94. The van der Waals surface area contributed by atoms with Gasteiger partial charge in [0, 0.05) is 18.2 Å². The minimum atomic E-state index is -4.04. The molecule has 2 N–H and O–H groups in total. The molecule has 8 heteroatoms. The van der Waals surface area contributed by atoms with Crippen LogP contribution in [0.5, 0.6) is 0 Å². The van der Waals surface area contributed by atoms with E-state index in [-0.39, 0.29) is 11.5 Å². The van der Waals surface area contributed by atoms with E-state index in [0.717, 1.165) is 0 Å². The zero-order valence-electron chi connectivity index (χ0n) is 12.1. The molecule has 2 rings (SSSR count). The SMILES string of the molecule is COCC(NS(=O)(=O)c1cccc2ccc(C)nc12)C(=O)O. The van der Waals surface area contributed by atoms with Gasteiger partial charge in [0.1, 0.15) is 10.9 Å². The van der Waals surface area contributed by atoms with Gasteiger partial charge in [-0.05, 0) is 19.1 Å². The van der Waals surface area contributed by atoms with Crippen molar-refractivity contribution in [2.75, 3.05) is 13.7 Å². The molecule has 0 radical (unpaired) electrons. The van der Waals surface area contributed by atoms with Gasteiger partial charge in [-0.2, -0.15) is 4.72 Å². The van der Waals surface area contributed by atoms with Crippen molar-refractivity contribution in [3.05, 3.63) is 36.0 Å². The molecule has 0 bridgehead atoms. The summed E-state index contributed by atoms with van der Waals surface area (Å²) in [6, 6.07) is 6.89. The monoisotopic (exact) mass is 324 g/mol. The van der Waals surface area contributed by atoms with Crippen LogP contribution >= 0.6 is 0 Å². The summed E-state index contributed by atoms with van der Waals surface area (Å²) >= 11 is 0. The molecule has 0 saturated heterocycles. The van der Waals surface area contributed by atoms with Crippen LogP contribution in [0.1, 0.15) is 5.69 Å². The van der Waals surface area contributed by atoms with Gasteiger partial charge in [-0.25, -0.2) is 8.42 Å². The van der Waals surface area contributed by atoms with E-state index in [1.54, 1.807) is 31.2 Å². The number of fused-ring (bicyclic) bond motifs is 1. The zero-order valence-corrected chi connectivity index (χ0v) is 12.9. The molecule has 1 heterocycles. The van der Waals surface area contributed by atoms with Gasteiger partial charge in [0.15, 0.2) is 0 Å². The highest BCUT2D eigenvalue weighted by atomic mass is 32.2. The Morgan fingerprint density at radius 2 is 2.09 bits per heavy atom. The molecule has 0 aliphatic rings. The normalized spacial score (nSPS) is 13.2. The number of ether oxygens (including phenoxy) is 1. The van der Waals surface area contributed by atoms with Crippen LogP contribution in [0.3, 0.4) is 0 Å². The predicted octanol–water partition coefficient (Wildman–Crippen LogP) is 0.921. The molecule has 0 saturated carbocycles. The van der Waals surface area contributed by atoms with E-state index in [1.807, 2.05) is 0 Å². The molecule has 0 amide bonds. The van der Waals surface area contributed by atoms with Crippen molar-refractivity contribution in [2.45, 2.75) is 17.9 Å². The number of rotatable bonds is 6. The lowest BCUT2D eigenvalue weighted by Gasteiger charge is -2.15. The Morgan fingerprint density at radius 1 is 1.36 bits per heavy atom. The third kappa shape index (κ3) is 3.41. The number of benzene rings is 1. The van der Waals surface area contributed by atoms with Crippen molar-refractivity contribution in [1.82, 2.24) is 9.71 Å². The maximum atomic E-state index is 12.5. The molecule has 118 valence electrons. The number of carboxylic acids is 1. The summed E-state index contributed by atoms with van der Waals surface area (Å²) in [5.74, 6) is -1.31. The molecule has 0 aliphatic heterocycles. The molecule has 1 atom stereocenters. The second-order valence-electron chi connectivity index (χ2n) is 4.75. The van der Waals surface area contributed by atoms with Crippen LogP contribution in [0, 0.1) is 6.92 Å². The van der Waals surface area contributed by atoms with Gasteiger partial charge in [0.25, 0.3) is 0 Å². The number of aliphatic carboxylic acids is 1. The molecule has 1 aromatic heterocycles. The van der Waals surface area contributed by atoms with Crippen LogP contribution in [-0.2, 0) is 19.6 Å². The topological polar surface area (TPSA) is 106 Å². The average molecular weight is 324 g/mol. The summed E-state index contributed by atoms with van der Waals surface area (Å²) in [7, 11) is -2.74. The number of methoxy groups -OCH3 is 1. The molecular weight excluding hydrogens is 308 g/mol. The van der Waals surface area contributed by atoms with Crippen molar-refractivity contribution in [1.29, 1.82) is 0 Å². The molecule has 0 aliphatic carbocycles. The van der Waals surface area contributed by atoms with Crippen LogP contribution in [0.15, 0.2) is 35.2 Å². The third-order valence-electron chi connectivity index (χ3n) is 3.04. The highest BCUT2D eigenvalue weighted by Crippen LogP contribution is 2.21. The van der Waals surface area contributed by atoms with Gasteiger partial charge in [0.2, 0.25) is 10.0 Å². The highest BCUT2D eigenvalue weighted by Gasteiger charge is 2.27. The van der Waals surface area contributed by atoms with Crippen LogP contribution in [0.4, 0.5) is 0 Å². The lowest BCUT2D eigenvalue weighted by Crippen LogP contribution is -2.43. The van der Waals surface area contributed by atoms with Gasteiger partial charge in [0.05, 0.1) is 12.1 Å². The fourth-order valence-electron chi connectivity index (χ4n) is 2.01. The van der Waals surface area contributed by atoms with E-state index in [9.17, 15) is 13.2 Å². The van der Waals surface area contributed by atoms with E-state index >= 15 is 0 Å². The minimum Gasteiger partial charge on any atom is -0.480 e. The molecule has 2 aromatic rings. The lowest BCUT2D eigenvalue weighted by atomic mass is 10.2. The van der Waals surface area contributed by atoms with Crippen molar-refractivity contribution in [3.63, 3.8) is 0 Å². The van der Waals surface area contributed by atoms with Gasteiger partial charge in [-0.3, -0.25) is 9.78 Å². The van der Waals surface area contributed by atoms with Crippen molar-refractivity contribution in [3.8, 4) is 0 Å². The first-order chi connectivity index (χ1) is 10.3. The Kier molecular flexibility index (Phi) is 4.74. The second-order valence-corrected chi connectivity index (χ2v) is 6.43. The van der Waals surface area contributed by atoms with Gasteiger partial charge in [-0.1, -0.05) is 18.2 Å². The summed E-state index contributed by atoms with van der Waals surface area (Å²) in [5, 5.41) is 9.71. The van der Waals surface area contributed by atoms with E-state index < -0.39 is 22.0 Å². The lowest BCUT2D eigenvalue weighted by molar-refractivity contribution is -0.140. The Bertz CT molecular complexity index is 804. The summed E-state index contributed by atoms with van der Waals surface area (Å²) in [4.78, 5) is 15.3. The molecule has 0 spiro atoms. The predicted molar refractivity (Wildman–Crippen MR) is 80.1 cm³/mol. The average Bonchev–Trinajstić information content (AvgIpc) is 2.45. The number of sulfonamides is 1. The fourth-order valence-corrected chi connectivity index (χ4v) is 3.35. The van der Waals surface area contributed by atoms with E-state index in [0.29, 0.717) is 16.6 Å². The van der Waals surface area contributed by atoms with Crippen LogP contribution in [0.25, 0.3) is 10.9 Å². The smallest absolute Gasteiger partial charge is 0.324 e. The van der Waals surface area contributed by atoms with E-state index in [1.165, 1.54) is 13.2 Å². The number of nitrogens with zero attached hydrogens (tertiary/aromatic N) is 1. The number of hydrogen-bond donors (Lipinski definition) is 2. The van der Waals surface area contributed by atoms with Crippen LogP contribution in [-0.4, -0.2) is 44.2 Å². The second kappa shape index (κ2) is 6.39. The van der Waals surface area contributed by atoms with Crippen molar-refractivity contribution >= 4 is 26.9 Å². The maximum absolute atomic E-state index is 12.5. The largest absolute Gasteiger partial charge is 0.480 e. The molecule has 22 heavy (non-hydrogen) atoms. The van der Waals surface area contributed by atoms with Gasteiger partial charge in [-0.15, -0.1) is 0 Å². The Morgan fingerprint density at radius 3 is 2.73 bits per heavy atom. The first-order valence-electron chi connectivity index (χ1n) is 6.45. The molecule has 1 aromatic carbocycles. The Hall–Kier alpha value is -2.03.